The molecule has 0 aliphatic carbocycles. The summed E-state index contributed by atoms with van der Waals surface area (Å²) in [6.45, 7) is 7.39. The van der Waals surface area contributed by atoms with Gasteiger partial charge in [-0.15, -0.1) is 0 Å². The van der Waals surface area contributed by atoms with Crippen molar-refractivity contribution in [1.82, 2.24) is 5.32 Å². The third-order valence-electron chi connectivity index (χ3n) is 7.13. The number of amidine groups is 1. The van der Waals surface area contributed by atoms with Gasteiger partial charge in [-0.3, -0.25) is 14.6 Å². The third-order valence-corrected chi connectivity index (χ3v) is 7.62. The predicted octanol–water partition coefficient (Wildman–Crippen LogP) is -0.180. The Bertz CT molecular complexity index is 1180. The second kappa shape index (κ2) is 9.18. The minimum Gasteiger partial charge on any atom is -0.388 e. The Balaban J connectivity index is 1.78. The Labute approximate surface area is 207 Å². The number of β-amino-alcohol motifs (C(OH)–C–C–N with tert-alkyl or cyclic N) is 1. The number of nitrogens with zero attached hydrogens (tertiary/aromatic N) is 3. The van der Waals surface area contributed by atoms with Gasteiger partial charge in [0.2, 0.25) is 0 Å². The van der Waals surface area contributed by atoms with E-state index in [-0.39, 0.29) is 17.8 Å². The number of amides is 3. The molecular formula is C22H31N4O9P. The quantitative estimate of drug-likeness (QED) is 0.258. The average molecular weight is 526 g/mol. The average Bonchev–Trinajstić information content (AvgIpc) is 2.76. The Morgan fingerprint density at radius 1 is 1.22 bits per heavy atom. The van der Waals surface area contributed by atoms with Crippen LogP contribution in [0.25, 0.3) is 0 Å². The van der Waals surface area contributed by atoms with Crippen LogP contribution >= 0.6 is 7.82 Å². The molecule has 36 heavy (non-hydrogen) atoms. The molecule has 1 aromatic rings. The summed E-state index contributed by atoms with van der Waals surface area (Å²) in [4.78, 5) is 50.3. The smallest absolute Gasteiger partial charge is 0.388 e. The highest BCUT2D eigenvalue weighted by molar-refractivity contribution is 7.46. The van der Waals surface area contributed by atoms with E-state index in [1.54, 1.807) is 0 Å². The summed E-state index contributed by atoms with van der Waals surface area (Å²) in [5.41, 5.74) is 4.16. The number of benzene rings is 1. The lowest BCUT2D eigenvalue weighted by Crippen LogP contribution is -2.66. The Morgan fingerprint density at radius 3 is 2.53 bits per heavy atom. The number of aliphatic hydroxyl groups is 3. The van der Waals surface area contributed by atoms with Crippen LogP contribution in [-0.2, 0) is 19.3 Å². The highest BCUT2D eigenvalue weighted by Gasteiger charge is 2.49. The van der Waals surface area contributed by atoms with Gasteiger partial charge in [-0.25, -0.2) is 9.36 Å². The number of phosphoric acid groups is 1. The first kappa shape index (κ1) is 26.7. The van der Waals surface area contributed by atoms with Crippen LogP contribution in [0.1, 0.15) is 37.0 Å². The zero-order valence-corrected chi connectivity index (χ0v) is 21.3. The lowest BCUT2D eigenvalue weighted by molar-refractivity contribution is -0.120. The van der Waals surface area contributed by atoms with Gasteiger partial charge >= 0.3 is 13.9 Å². The van der Waals surface area contributed by atoms with Crippen LogP contribution in [0.2, 0.25) is 0 Å². The molecule has 3 aliphatic rings. The number of phosphoric ester groups is 1. The number of carbonyl (C=O) groups excluding carboxylic acids is 2. The van der Waals surface area contributed by atoms with Gasteiger partial charge in [0.1, 0.15) is 24.1 Å². The van der Waals surface area contributed by atoms with E-state index in [4.69, 9.17) is 9.79 Å². The van der Waals surface area contributed by atoms with Crippen molar-refractivity contribution in [1.29, 1.82) is 0 Å². The van der Waals surface area contributed by atoms with Crippen molar-refractivity contribution in [2.24, 2.45) is 4.99 Å². The van der Waals surface area contributed by atoms with Gasteiger partial charge in [-0.05, 0) is 48.4 Å². The molecule has 1 aromatic carbocycles. The summed E-state index contributed by atoms with van der Waals surface area (Å²) in [5.74, 6) is -0.480. The maximum atomic E-state index is 13.0. The van der Waals surface area contributed by atoms with Gasteiger partial charge in [0.15, 0.2) is 6.04 Å². The highest BCUT2D eigenvalue weighted by atomic mass is 31.2. The van der Waals surface area contributed by atoms with Gasteiger partial charge in [-0.2, -0.15) is 4.99 Å². The summed E-state index contributed by atoms with van der Waals surface area (Å²) in [6, 6.07) is 0.0654. The molecule has 0 spiro atoms. The number of anilines is 2. The van der Waals surface area contributed by atoms with E-state index in [1.165, 1.54) is 4.90 Å². The van der Waals surface area contributed by atoms with Crippen molar-refractivity contribution in [3.63, 3.8) is 0 Å². The molecule has 4 atom stereocenters. The van der Waals surface area contributed by atoms with E-state index in [0.717, 1.165) is 28.8 Å². The largest absolute Gasteiger partial charge is 0.469 e. The zero-order chi connectivity index (χ0) is 26.7. The Kier molecular flexibility index (Phi) is 6.80. The summed E-state index contributed by atoms with van der Waals surface area (Å²) >= 11 is 0. The SMILES string of the molecule is Cc1cc2c3c(c1C)C(C)(C)CCN3C1C(=O)NC(=O)N=C1N2C[C@H](O)[C@H](O)[C@H](O)COP(=O)(O)O. The number of urea groups is 1. The molecule has 0 radical (unpaired) electrons. The number of rotatable bonds is 7. The molecule has 3 aliphatic heterocycles. The number of fused-ring (bicyclic) bond motifs is 2. The van der Waals surface area contributed by atoms with E-state index in [2.05, 4.69) is 28.7 Å². The summed E-state index contributed by atoms with van der Waals surface area (Å²) in [5, 5.41) is 33.6. The van der Waals surface area contributed by atoms with Crippen LogP contribution in [0, 0.1) is 13.8 Å². The number of hydrogen-bond acceptors (Lipinski definition) is 9. The maximum absolute atomic E-state index is 13.0. The van der Waals surface area contributed by atoms with Crippen molar-refractivity contribution >= 4 is 37.0 Å². The van der Waals surface area contributed by atoms with Crippen LogP contribution in [0.3, 0.4) is 0 Å². The van der Waals surface area contributed by atoms with Crippen LogP contribution < -0.4 is 15.1 Å². The monoisotopic (exact) mass is 526 g/mol. The summed E-state index contributed by atoms with van der Waals surface area (Å²) in [6.07, 6.45) is -4.60. The molecule has 3 amide bonds. The summed E-state index contributed by atoms with van der Waals surface area (Å²) < 4.78 is 15.2. The number of imide groups is 1. The lowest BCUT2D eigenvalue weighted by Gasteiger charge is -2.52. The molecule has 0 aromatic heterocycles. The van der Waals surface area contributed by atoms with Gasteiger partial charge in [-0.1, -0.05) is 13.8 Å². The number of nitrogens with one attached hydrogen (secondary N) is 1. The fraction of sp³-hybridized carbons (Fsp3) is 0.591. The second-order valence-electron chi connectivity index (χ2n) is 10.1. The van der Waals surface area contributed by atoms with Crippen LogP contribution in [-0.4, -0.2) is 86.9 Å². The van der Waals surface area contributed by atoms with Crippen LogP contribution in [0.15, 0.2) is 11.1 Å². The molecule has 14 heteroatoms. The fourth-order valence-corrected chi connectivity index (χ4v) is 5.56. The van der Waals surface area contributed by atoms with E-state index in [1.807, 2.05) is 24.8 Å². The van der Waals surface area contributed by atoms with Gasteiger partial charge < -0.3 is 34.9 Å². The normalized spacial score (nSPS) is 23.4. The van der Waals surface area contributed by atoms with Gasteiger partial charge in [0.05, 0.1) is 24.5 Å². The molecule has 198 valence electrons. The zero-order valence-electron chi connectivity index (χ0n) is 20.4. The number of aryl methyl sites for hydroxylation is 1. The van der Waals surface area contributed by atoms with E-state index in [0.29, 0.717) is 12.2 Å². The van der Waals surface area contributed by atoms with E-state index >= 15 is 0 Å². The molecular weight excluding hydrogens is 495 g/mol. The minimum atomic E-state index is -4.90. The number of aliphatic imine (C=N–C) groups is 1. The summed E-state index contributed by atoms with van der Waals surface area (Å²) in [7, 11) is -4.90. The topological polar surface area (TPSA) is 192 Å². The third kappa shape index (κ3) is 4.68. The minimum absolute atomic E-state index is 0.0809. The maximum Gasteiger partial charge on any atom is 0.469 e. The van der Waals surface area contributed by atoms with Gasteiger partial charge in [0, 0.05) is 6.54 Å². The highest BCUT2D eigenvalue weighted by Crippen LogP contribution is 2.51. The molecule has 6 N–H and O–H groups in total. The molecule has 0 fully saturated rings. The molecule has 0 saturated carbocycles. The first-order chi connectivity index (χ1) is 16.6. The standard InChI is InChI=1S/C22H31N4O9P/c1-10-7-12-16-15(11(10)2)22(3,4)5-6-25(16)17-19(23-21(31)24-20(17)30)26(12)8-13(27)18(29)14(28)9-35-36(32,33)34/h7,13-14,17-18,27-29H,5-6,8-9H2,1-4H3,(H,24,30,31)(H2,32,33,34)/t13-,14+,17?,18-/m0/s1. The van der Waals surface area contributed by atoms with E-state index in [9.17, 15) is 29.5 Å². The Hall–Kier alpha value is -2.38. The van der Waals surface area contributed by atoms with Crippen LogP contribution in [0.4, 0.5) is 16.2 Å². The van der Waals surface area contributed by atoms with E-state index < -0.39 is 50.7 Å². The van der Waals surface area contributed by atoms with Crippen molar-refractivity contribution in [2.75, 3.05) is 29.5 Å². The lowest BCUT2D eigenvalue weighted by atomic mass is 9.73. The second-order valence-corrected chi connectivity index (χ2v) is 11.3. The Morgan fingerprint density at radius 2 is 1.89 bits per heavy atom. The molecule has 4 rings (SSSR count). The molecule has 0 bridgehead atoms. The molecule has 3 heterocycles. The van der Waals surface area contributed by atoms with Crippen molar-refractivity contribution < 1.29 is 43.8 Å². The first-order valence-electron chi connectivity index (χ1n) is 11.5. The number of carbonyl (C=O) groups is 2. The first-order valence-corrected chi connectivity index (χ1v) is 13.0. The predicted molar refractivity (Wildman–Crippen MR) is 129 cm³/mol. The van der Waals surface area contributed by atoms with Crippen molar-refractivity contribution in [2.45, 2.75) is 63.9 Å². The molecule has 0 saturated heterocycles. The van der Waals surface area contributed by atoms with Crippen molar-refractivity contribution in [3.8, 4) is 0 Å². The number of aliphatic hydroxyl groups excluding tert-OH is 3. The number of hydrogen-bond donors (Lipinski definition) is 6. The van der Waals surface area contributed by atoms with Gasteiger partial charge in [0.25, 0.3) is 5.91 Å². The van der Waals surface area contributed by atoms with Crippen molar-refractivity contribution in [3.05, 3.63) is 22.8 Å². The van der Waals surface area contributed by atoms with Crippen LogP contribution in [0.5, 0.6) is 0 Å². The fourth-order valence-electron chi connectivity index (χ4n) is 5.22. The molecule has 13 nitrogen and oxygen atoms in total. The molecule has 1 unspecified atom stereocenters.